The van der Waals surface area contributed by atoms with Crippen LogP contribution in [0.1, 0.15) is 35.9 Å². The van der Waals surface area contributed by atoms with E-state index in [2.05, 4.69) is 5.32 Å². The molecule has 1 aromatic rings. The number of benzene rings is 1. The quantitative estimate of drug-likeness (QED) is 0.630. The van der Waals surface area contributed by atoms with Gasteiger partial charge in [0.1, 0.15) is 5.82 Å². The molecule has 0 heterocycles. The van der Waals surface area contributed by atoms with Crippen LogP contribution in [0, 0.1) is 5.82 Å². The Hall–Kier alpha value is -1.26. The molecule has 1 atom stereocenters. The highest BCUT2D eigenvalue weighted by Crippen LogP contribution is 2.19. The molecule has 4 heteroatoms. The van der Waals surface area contributed by atoms with Gasteiger partial charge >= 0.3 is 0 Å². The molecule has 1 N–H and O–H groups in total. The number of ketones is 1. The summed E-state index contributed by atoms with van der Waals surface area (Å²) in [5, 5.41) is 3.25. The maximum absolute atomic E-state index is 13.7. The molecule has 1 unspecified atom stereocenters. The summed E-state index contributed by atoms with van der Waals surface area (Å²) in [6.07, 6.45) is -0.0458. The summed E-state index contributed by atoms with van der Waals surface area (Å²) in [5.41, 5.74) is 0.960. The average molecular weight is 238 g/mol. The lowest BCUT2D eigenvalue weighted by molar-refractivity contribution is 0.101. The monoisotopic (exact) mass is 238 g/mol. The van der Waals surface area contributed by atoms with Gasteiger partial charge in [0.2, 0.25) is 0 Å². The zero-order valence-electron chi connectivity index (χ0n) is 10.7. The molecule has 0 amide bonds. The Bertz CT molecular complexity index is 404. The smallest absolute Gasteiger partial charge is 0.162 e. The Morgan fingerprint density at radius 2 is 2.12 bits per heavy atom. The van der Waals surface area contributed by atoms with Crippen molar-refractivity contribution in [1.29, 1.82) is 0 Å². The topological polar surface area (TPSA) is 32.3 Å². The highest BCUT2D eigenvalue weighted by Gasteiger charge is 2.15. The van der Waals surface area contributed by atoms with Gasteiger partial charge in [-0.15, -0.1) is 0 Å². The van der Waals surface area contributed by atoms with Crippen molar-refractivity contribution in [3.63, 3.8) is 0 Å². The molecule has 0 aliphatic carbocycles. The number of carbonyl (C=O) groups excluding carboxylic acids is 1. The molecule has 1 rings (SSSR count). The van der Waals surface area contributed by atoms with E-state index in [9.17, 15) is 9.18 Å². The van der Waals surface area contributed by atoms with E-state index in [0.29, 0.717) is 0 Å². The van der Waals surface area contributed by atoms with Gasteiger partial charge in [-0.05, 0) is 45.3 Å². The van der Waals surface area contributed by atoms with E-state index < -0.39 is 5.82 Å². The highest BCUT2D eigenvalue weighted by atomic mass is 19.1. The van der Waals surface area contributed by atoms with Crippen LogP contribution in [-0.4, -0.2) is 31.3 Å². The molecule has 0 aliphatic heterocycles. The van der Waals surface area contributed by atoms with Crippen molar-refractivity contribution in [2.75, 3.05) is 20.6 Å². The van der Waals surface area contributed by atoms with Crippen LogP contribution in [0.3, 0.4) is 0 Å². The normalized spacial score (nSPS) is 12.8. The Morgan fingerprint density at radius 1 is 1.47 bits per heavy atom. The number of hydrogen-bond acceptors (Lipinski definition) is 3. The SMILES string of the molecule is CCNC(c1ccc(C(C)=O)c(F)c1)N(C)C. The third kappa shape index (κ3) is 3.35. The first-order valence-electron chi connectivity index (χ1n) is 5.67. The lowest BCUT2D eigenvalue weighted by Crippen LogP contribution is -2.33. The minimum absolute atomic E-state index is 0.0458. The van der Waals surface area contributed by atoms with Crippen LogP contribution in [-0.2, 0) is 0 Å². The van der Waals surface area contributed by atoms with E-state index in [4.69, 9.17) is 0 Å². The molecular weight excluding hydrogens is 219 g/mol. The predicted octanol–water partition coefficient (Wildman–Crippen LogP) is 2.20. The summed E-state index contributed by atoms with van der Waals surface area (Å²) in [4.78, 5) is 13.1. The van der Waals surface area contributed by atoms with Gasteiger partial charge in [0.05, 0.1) is 11.7 Å². The fourth-order valence-electron chi connectivity index (χ4n) is 1.78. The summed E-state index contributed by atoms with van der Waals surface area (Å²) in [6, 6.07) is 4.75. The van der Waals surface area contributed by atoms with Crippen molar-refractivity contribution >= 4 is 5.78 Å². The van der Waals surface area contributed by atoms with Crippen LogP contribution in [0.2, 0.25) is 0 Å². The minimum atomic E-state index is -0.459. The van der Waals surface area contributed by atoms with Crippen molar-refractivity contribution in [1.82, 2.24) is 10.2 Å². The predicted molar refractivity (Wildman–Crippen MR) is 66.5 cm³/mol. The van der Waals surface area contributed by atoms with Gasteiger partial charge in [-0.25, -0.2) is 4.39 Å². The Morgan fingerprint density at radius 3 is 2.53 bits per heavy atom. The zero-order valence-corrected chi connectivity index (χ0v) is 10.7. The standard InChI is InChI=1S/C13H19FN2O/c1-5-15-13(16(3)4)10-6-7-11(9(2)17)12(14)8-10/h6-8,13,15H,5H2,1-4H3. The maximum atomic E-state index is 13.7. The molecule has 0 spiro atoms. The molecule has 0 saturated heterocycles. The van der Waals surface area contributed by atoms with Crippen LogP contribution < -0.4 is 5.32 Å². The van der Waals surface area contributed by atoms with E-state index in [1.807, 2.05) is 25.9 Å². The molecule has 0 bridgehead atoms. The first kappa shape index (κ1) is 13.8. The number of carbonyl (C=O) groups is 1. The molecule has 0 aromatic heterocycles. The van der Waals surface area contributed by atoms with Gasteiger partial charge in [0.25, 0.3) is 0 Å². The number of nitrogens with zero attached hydrogens (tertiary/aromatic N) is 1. The molecule has 3 nitrogen and oxygen atoms in total. The lowest BCUT2D eigenvalue weighted by atomic mass is 10.1. The Kier molecular flexibility index (Phi) is 4.78. The number of rotatable bonds is 5. The van der Waals surface area contributed by atoms with Crippen LogP contribution >= 0.6 is 0 Å². The van der Waals surface area contributed by atoms with Crippen LogP contribution in [0.4, 0.5) is 4.39 Å². The van der Waals surface area contributed by atoms with E-state index in [0.717, 1.165) is 12.1 Å². The maximum Gasteiger partial charge on any atom is 0.162 e. The lowest BCUT2D eigenvalue weighted by Gasteiger charge is -2.25. The number of Topliss-reactive ketones (excluding diaryl/α,β-unsaturated/α-hetero) is 1. The molecule has 0 radical (unpaired) electrons. The van der Waals surface area contributed by atoms with Crippen molar-refractivity contribution in [3.8, 4) is 0 Å². The van der Waals surface area contributed by atoms with E-state index in [-0.39, 0.29) is 17.5 Å². The van der Waals surface area contributed by atoms with Gasteiger partial charge < -0.3 is 0 Å². The number of hydrogen-bond donors (Lipinski definition) is 1. The second-order valence-corrected chi connectivity index (χ2v) is 4.22. The summed E-state index contributed by atoms with van der Waals surface area (Å²) in [5.74, 6) is -0.710. The fourth-order valence-corrected chi connectivity index (χ4v) is 1.78. The number of nitrogens with one attached hydrogen (secondary N) is 1. The number of halogens is 1. The second-order valence-electron chi connectivity index (χ2n) is 4.22. The van der Waals surface area contributed by atoms with Crippen molar-refractivity contribution < 1.29 is 9.18 Å². The van der Waals surface area contributed by atoms with Crippen LogP contribution in [0.15, 0.2) is 18.2 Å². The molecule has 17 heavy (non-hydrogen) atoms. The molecule has 0 saturated carbocycles. The minimum Gasteiger partial charge on any atom is -0.298 e. The van der Waals surface area contributed by atoms with Gasteiger partial charge in [-0.2, -0.15) is 0 Å². The largest absolute Gasteiger partial charge is 0.298 e. The van der Waals surface area contributed by atoms with Crippen LogP contribution in [0.5, 0.6) is 0 Å². The average Bonchev–Trinajstić information content (AvgIpc) is 2.24. The Labute approximate surface area is 102 Å². The third-order valence-corrected chi connectivity index (χ3v) is 2.60. The summed E-state index contributed by atoms with van der Waals surface area (Å²) in [7, 11) is 3.84. The first-order chi connectivity index (χ1) is 7.97. The Balaban J connectivity index is 3.06. The third-order valence-electron chi connectivity index (χ3n) is 2.60. The van der Waals surface area contributed by atoms with Crippen molar-refractivity contribution in [3.05, 3.63) is 35.1 Å². The molecule has 0 aliphatic rings. The highest BCUT2D eigenvalue weighted by molar-refractivity contribution is 5.94. The van der Waals surface area contributed by atoms with E-state index >= 15 is 0 Å². The van der Waals surface area contributed by atoms with Crippen molar-refractivity contribution in [2.45, 2.75) is 20.0 Å². The van der Waals surface area contributed by atoms with Gasteiger partial charge in [0.15, 0.2) is 5.78 Å². The molecule has 94 valence electrons. The first-order valence-corrected chi connectivity index (χ1v) is 5.67. The molecule has 0 fully saturated rings. The molecule has 1 aromatic carbocycles. The summed E-state index contributed by atoms with van der Waals surface area (Å²) >= 11 is 0. The van der Waals surface area contributed by atoms with Gasteiger partial charge in [-0.3, -0.25) is 15.0 Å². The summed E-state index contributed by atoms with van der Waals surface area (Å²) in [6.45, 7) is 4.15. The van der Waals surface area contributed by atoms with Crippen molar-refractivity contribution in [2.24, 2.45) is 0 Å². The van der Waals surface area contributed by atoms with Gasteiger partial charge in [-0.1, -0.05) is 13.0 Å². The van der Waals surface area contributed by atoms with Crippen LogP contribution in [0.25, 0.3) is 0 Å². The summed E-state index contributed by atoms with van der Waals surface area (Å²) < 4.78 is 13.7. The molecular formula is C13H19FN2O. The van der Waals surface area contributed by atoms with E-state index in [1.54, 1.807) is 12.1 Å². The fraction of sp³-hybridized carbons (Fsp3) is 0.462. The van der Waals surface area contributed by atoms with E-state index in [1.165, 1.54) is 13.0 Å². The zero-order chi connectivity index (χ0) is 13.0. The van der Waals surface area contributed by atoms with Gasteiger partial charge in [0, 0.05) is 0 Å². The second kappa shape index (κ2) is 5.89.